The molecule has 0 saturated heterocycles. The zero-order chi connectivity index (χ0) is 18.6. The highest BCUT2D eigenvalue weighted by molar-refractivity contribution is 5.80. The van der Waals surface area contributed by atoms with Gasteiger partial charge in [0, 0.05) is 18.2 Å². The van der Waals surface area contributed by atoms with Crippen LogP contribution in [-0.4, -0.2) is 18.2 Å². The highest BCUT2D eigenvalue weighted by atomic mass is 16.5. The molecule has 7 nitrogen and oxygen atoms in total. The largest absolute Gasteiger partial charge is 0.491 e. The summed E-state index contributed by atoms with van der Waals surface area (Å²) in [5.74, 6) is 0.563. The molecule has 0 radical (unpaired) electrons. The van der Waals surface area contributed by atoms with E-state index in [4.69, 9.17) is 15.2 Å². The van der Waals surface area contributed by atoms with Gasteiger partial charge in [-0.3, -0.25) is 4.79 Å². The molecular weight excluding hydrogens is 320 g/mol. The molecule has 0 amide bonds. The number of nitrogens with two attached hydrogens (primary N) is 1. The molecule has 7 heteroatoms. The van der Waals surface area contributed by atoms with E-state index >= 15 is 0 Å². The van der Waals surface area contributed by atoms with Crippen LogP contribution in [0, 0.1) is 22.7 Å². The Balaban J connectivity index is 2.75. The van der Waals surface area contributed by atoms with Crippen molar-refractivity contribution in [3.8, 4) is 29.0 Å². The van der Waals surface area contributed by atoms with E-state index in [1.54, 1.807) is 25.3 Å². The van der Waals surface area contributed by atoms with Crippen molar-refractivity contribution in [1.29, 1.82) is 10.5 Å². The lowest BCUT2D eigenvalue weighted by atomic mass is 9.95. The molecule has 0 bridgehead atoms. The maximum absolute atomic E-state index is 12.0. The highest BCUT2D eigenvalue weighted by Crippen LogP contribution is 2.32. The van der Waals surface area contributed by atoms with Crippen LogP contribution in [0.25, 0.3) is 11.1 Å². The maximum Gasteiger partial charge on any atom is 0.268 e. The summed E-state index contributed by atoms with van der Waals surface area (Å²) in [4.78, 5) is 14.4. The zero-order valence-corrected chi connectivity index (χ0v) is 14.2. The first-order chi connectivity index (χ1) is 11.9. The van der Waals surface area contributed by atoms with E-state index in [2.05, 4.69) is 4.98 Å². The van der Waals surface area contributed by atoms with Gasteiger partial charge < -0.3 is 20.2 Å². The molecule has 2 aromatic rings. The summed E-state index contributed by atoms with van der Waals surface area (Å²) in [6, 6.07) is 8.95. The first-order valence-electron chi connectivity index (χ1n) is 7.57. The summed E-state index contributed by atoms with van der Waals surface area (Å²) >= 11 is 0. The number of rotatable bonds is 5. The number of hydrogen-bond donors (Lipinski definition) is 2. The molecule has 0 spiro atoms. The molecule has 0 saturated carbocycles. The Bertz CT molecular complexity index is 933. The molecule has 0 aliphatic heterocycles. The van der Waals surface area contributed by atoms with Crippen molar-refractivity contribution >= 4 is 5.82 Å². The van der Waals surface area contributed by atoms with Gasteiger partial charge in [-0.1, -0.05) is 6.07 Å². The molecule has 0 atom stereocenters. The Morgan fingerprint density at radius 1 is 1.24 bits per heavy atom. The first kappa shape index (κ1) is 18.1. The lowest BCUT2D eigenvalue weighted by Crippen LogP contribution is -2.16. The second kappa shape index (κ2) is 7.52. The second-order valence-corrected chi connectivity index (χ2v) is 5.64. The molecule has 0 aliphatic carbocycles. The minimum absolute atomic E-state index is 0.0268. The fraction of sp³-hybridized carbons (Fsp3) is 0.278. The third-order valence-electron chi connectivity index (χ3n) is 3.48. The number of aromatic nitrogens is 1. The number of hydrogen-bond acceptors (Lipinski definition) is 6. The molecule has 0 aliphatic rings. The Hall–Kier alpha value is -3.29. The number of H-pyrrole nitrogens is 1. The van der Waals surface area contributed by atoms with E-state index < -0.39 is 5.56 Å². The fourth-order valence-electron chi connectivity index (χ4n) is 2.50. The third kappa shape index (κ3) is 3.63. The van der Waals surface area contributed by atoms with Gasteiger partial charge in [-0.25, -0.2) is 0 Å². The van der Waals surface area contributed by atoms with E-state index in [1.165, 1.54) is 0 Å². The zero-order valence-electron chi connectivity index (χ0n) is 14.2. The van der Waals surface area contributed by atoms with E-state index in [-0.39, 0.29) is 35.2 Å². The van der Waals surface area contributed by atoms with Crippen LogP contribution in [0.15, 0.2) is 23.0 Å². The molecular formula is C18H18N4O3. The van der Waals surface area contributed by atoms with Crippen molar-refractivity contribution in [1.82, 2.24) is 4.98 Å². The molecule has 1 aromatic carbocycles. The van der Waals surface area contributed by atoms with Gasteiger partial charge in [0.1, 0.15) is 34.8 Å². The van der Waals surface area contributed by atoms with Crippen molar-refractivity contribution in [3.63, 3.8) is 0 Å². The van der Waals surface area contributed by atoms with Crippen LogP contribution in [0.5, 0.6) is 5.75 Å². The van der Waals surface area contributed by atoms with Crippen LogP contribution in [-0.2, 0) is 11.3 Å². The van der Waals surface area contributed by atoms with Crippen molar-refractivity contribution in [2.45, 2.75) is 26.6 Å². The highest BCUT2D eigenvalue weighted by Gasteiger charge is 2.19. The van der Waals surface area contributed by atoms with Crippen molar-refractivity contribution < 1.29 is 9.47 Å². The molecule has 0 unspecified atom stereocenters. The minimum Gasteiger partial charge on any atom is -0.491 e. The number of pyridine rings is 1. The number of nitrogens with one attached hydrogen (secondary N) is 1. The normalized spacial score (nSPS) is 10.3. The van der Waals surface area contributed by atoms with Crippen LogP contribution in [0.3, 0.4) is 0 Å². The maximum atomic E-state index is 12.0. The topological polar surface area (TPSA) is 125 Å². The third-order valence-corrected chi connectivity index (χ3v) is 3.48. The van der Waals surface area contributed by atoms with Gasteiger partial charge in [-0.15, -0.1) is 0 Å². The predicted octanol–water partition coefficient (Wildman–Crippen LogP) is 2.30. The number of nitriles is 2. The van der Waals surface area contributed by atoms with Crippen molar-refractivity contribution in [2.75, 3.05) is 12.8 Å². The van der Waals surface area contributed by atoms with Crippen LogP contribution in [0.2, 0.25) is 0 Å². The smallest absolute Gasteiger partial charge is 0.268 e. The Kier molecular flexibility index (Phi) is 5.43. The molecule has 2 rings (SSSR count). The van der Waals surface area contributed by atoms with E-state index in [0.29, 0.717) is 11.3 Å². The summed E-state index contributed by atoms with van der Waals surface area (Å²) in [5.41, 5.74) is 6.47. The standard InChI is InChI=1S/C18H18N4O3/c1-10(2)25-15-5-4-11(6-12(15)9-24-3)16-13(7-19)17(21)22-18(23)14(16)8-20/h4-6,10H,9H2,1-3H3,(H3,21,22,23). The van der Waals surface area contributed by atoms with Crippen LogP contribution in [0.4, 0.5) is 5.82 Å². The van der Waals surface area contributed by atoms with E-state index in [0.717, 1.165) is 5.56 Å². The number of ether oxygens (including phenoxy) is 2. The van der Waals surface area contributed by atoms with Gasteiger partial charge in [0.05, 0.1) is 12.7 Å². The summed E-state index contributed by atoms with van der Waals surface area (Å²) in [6.45, 7) is 4.09. The average molecular weight is 338 g/mol. The molecule has 1 aromatic heterocycles. The van der Waals surface area contributed by atoms with Crippen molar-refractivity contribution in [3.05, 3.63) is 45.2 Å². The predicted molar refractivity (Wildman–Crippen MR) is 92.8 cm³/mol. The second-order valence-electron chi connectivity index (χ2n) is 5.64. The number of methoxy groups -OCH3 is 1. The first-order valence-corrected chi connectivity index (χ1v) is 7.57. The summed E-state index contributed by atoms with van der Waals surface area (Å²) in [5, 5.41) is 18.8. The van der Waals surface area contributed by atoms with Gasteiger partial charge in [-0.05, 0) is 31.5 Å². The summed E-state index contributed by atoms with van der Waals surface area (Å²) in [6.07, 6.45) is -0.0268. The van der Waals surface area contributed by atoms with Crippen LogP contribution < -0.4 is 16.0 Å². The average Bonchev–Trinajstić information content (AvgIpc) is 2.55. The summed E-state index contributed by atoms with van der Waals surface area (Å²) < 4.78 is 10.9. The molecule has 128 valence electrons. The van der Waals surface area contributed by atoms with Crippen LogP contribution in [0.1, 0.15) is 30.5 Å². The van der Waals surface area contributed by atoms with Crippen LogP contribution >= 0.6 is 0 Å². The van der Waals surface area contributed by atoms with Gasteiger partial charge in [0.15, 0.2) is 0 Å². The Labute approximate surface area is 145 Å². The molecule has 1 heterocycles. The monoisotopic (exact) mass is 338 g/mol. The SMILES string of the molecule is COCc1cc(-c2c(C#N)c(N)[nH]c(=O)c2C#N)ccc1OC(C)C. The fourth-order valence-corrected chi connectivity index (χ4v) is 2.50. The number of anilines is 1. The minimum atomic E-state index is -0.634. The van der Waals surface area contributed by atoms with Gasteiger partial charge >= 0.3 is 0 Å². The van der Waals surface area contributed by atoms with Gasteiger partial charge in [-0.2, -0.15) is 10.5 Å². The van der Waals surface area contributed by atoms with E-state index in [1.807, 2.05) is 26.0 Å². The quantitative estimate of drug-likeness (QED) is 0.861. The molecule has 3 N–H and O–H groups in total. The number of nitrogens with zero attached hydrogens (tertiary/aromatic N) is 2. The number of nitrogen functional groups attached to an aromatic ring is 1. The Morgan fingerprint density at radius 2 is 1.92 bits per heavy atom. The van der Waals surface area contributed by atoms with E-state index in [9.17, 15) is 15.3 Å². The molecule has 0 fully saturated rings. The lowest BCUT2D eigenvalue weighted by Gasteiger charge is -2.16. The number of aromatic amines is 1. The van der Waals surface area contributed by atoms with Gasteiger partial charge in [0.2, 0.25) is 0 Å². The molecule has 25 heavy (non-hydrogen) atoms. The summed E-state index contributed by atoms with van der Waals surface area (Å²) in [7, 11) is 1.55. The lowest BCUT2D eigenvalue weighted by molar-refractivity contribution is 0.175. The number of benzene rings is 1. The Morgan fingerprint density at radius 3 is 2.48 bits per heavy atom. The van der Waals surface area contributed by atoms with Crippen molar-refractivity contribution in [2.24, 2.45) is 0 Å². The van der Waals surface area contributed by atoms with Gasteiger partial charge in [0.25, 0.3) is 5.56 Å².